The summed E-state index contributed by atoms with van der Waals surface area (Å²) in [6, 6.07) is 2.77. The van der Waals surface area contributed by atoms with Gasteiger partial charge in [-0.3, -0.25) is 4.79 Å². The van der Waals surface area contributed by atoms with Crippen molar-refractivity contribution in [3.05, 3.63) is 23.9 Å². The van der Waals surface area contributed by atoms with Crippen LogP contribution in [0.5, 0.6) is 0 Å². The molecule has 1 rings (SSSR count). The molecule has 104 valence electrons. The first kappa shape index (κ1) is 14.9. The lowest BCUT2D eigenvalue weighted by Gasteiger charge is -2.15. The van der Waals surface area contributed by atoms with Crippen LogP contribution in [0.15, 0.2) is 18.3 Å². The van der Waals surface area contributed by atoms with Gasteiger partial charge in [0.05, 0.1) is 6.61 Å². The van der Waals surface area contributed by atoms with Gasteiger partial charge in [-0.25, -0.2) is 9.78 Å². The Kier molecular flexibility index (Phi) is 5.78. The van der Waals surface area contributed by atoms with Gasteiger partial charge in [-0.15, -0.1) is 0 Å². The molecule has 1 aromatic rings. The van der Waals surface area contributed by atoms with Crippen molar-refractivity contribution in [1.29, 1.82) is 0 Å². The third-order valence-corrected chi connectivity index (χ3v) is 2.40. The third kappa shape index (κ3) is 4.24. The van der Waals surface area contributed by atoms with Crippen LogP contribution in [0.1, 0.15) is 31.1 Å². The highest BCUT2D eigenvalue weighted by molar-refractivity contribution is 5.95. The molecule has 1 atom stereocenters. The van der Waals surface area contributed by atoms with Crippen molar-refractivity contribution in [1.82, 2.24) is 10.3 Å². The topological polar surface area (TPSA) is 80.3 Å². The fourth-order valence-electron chi connectivity index (χ4n) is 1.49. The Bertz CT molecular complexity index is 449. The van der Waals surface area contributed by atoms with Gasteiger partial charge in [0.1, 0.15) is 17.4 Å². The quantitative estimate of drug-likeness (QED) is 0.755. The van der Waals surface area contributed by atoms with E-state index in [-0.39, 0.29) is 5.91 Å². The van der Waals surface area contributed by atoms with E-state index in [0.717, 1.165) is 0 Å². The number of pyridine rings is 1. The fourth-order valence-corrected chi connectivity index (χ4v) is 1.49. The largest absolute Gasteiger partial charge is 0.462 e. The summed E-state index contributed by atoms with van der Waals surface area (Å²) in [5.74, 6) is -0.260. The van der Waals surface area contributed by atoms with Gasteiger partial charge in [-0.2, -0.15) is 0 Å². The van der Waals surface area contributed by atoms with Crippen LogP contribution >= 0.6 is 0 Å². The van der Waals surface area contributed by atoms with Gasteiger partial charge >= 0.3 is 5.97 Å². The van der Waals surface area contributed by atoms with Crippen molar-refractivity contribution in [2.75, 3.05) is 18.5 Å². The third-order valence-electron chi connectivity index (χ3n) is 2.40. The van der Waals surface area contributed by atoms with Gasteiger partial charge in [0.15, 0.2) is 0 Å². The Morgan fingerprint density at radius 2 is 2.16 bits per heavy atom. The lowest BCUT2D eigenvalue weighted by molar-refractivity contribution is -0.121. The number of ether oxygens (including phenoxy) is 1. The van der Waals surface area contributed by atoms with Gasteiger partial charge in [-0.1, -0.05) is 0 Å². The molecule has 0 aliphatic rings. The summed E-state index contributed by atoms with van der Waals surface area (Å²) in [7, 11) is 0. The van der Waals surface area contributed by atoms with Crippen molar-refractivity contribution < 1.29 is 14.3 Å². The molecule has 19 heavy (non-hydrogen) atoms. The van der Waals surface area contributed by atoms with Crippen LogP contribution < -0.4 is 10.6 Å². The SMILES string of the molecule is CCNC(=O)C(C)Nc1ncccc1C(=O)OCC. The molecule has 0 bridgehead atoms. The Morgan fingerprint density at radius 3 is 2.79 bits per heavy atom. The molecule has 0 saturated heterocycles. The van der Waals surface area contributed by atoms with E-state index in [0.29, 0.717) is 24.5 Å². The number of hydrogen-bond acceptors (Lipinski definition) is 5. The number of nitrogens with zero attached hydrogens (tertiary/aromatic N) is 1. The predicted molar refractivity (Wildman–Crippen MR) is 72.0 cm³/mol. The minimum absolute atomic E-state index is 0.150. The molecule has 1 unspecified atom stereocenters. The van der Waals surface area contributed by atoms with Crippen LogP contribution in [-0.4, -0.2) is 36.1 Å². The first-order valence-electron chi connectivity index (χ1n) is 6.26. The molecule has 6 heteroatoms. The normalized spacial score (nSPS) is 11.5. The Balaban J connectivity index is 2.83. The smallest absolute Gasteiger partial charge is 0.341 e. The van der Waals surface area contributed by atoms with Crippen LogP contribution in [0.25, 0.3) is 0 Å². The summed E-state index contributed by atoms with van der Waals surface area (Å²) in [4.78, 5) is 27.4. The molecule has 6 nitrogen and oxygen atoms in total. The van der Waals surface area contributed by atoms with Gasteiger partial charge in [0, 0.05) is 12.7 Å². The van der Waals surface area contributed by atoms with E-state index in [2.05, 4.69) is 15.6 Å². The Hall–Kier alpha value is -2.11. The number of anilines is 1. The lowest BCUT2D eigenvalue weighted by atomic mass is 10.2. The molecule has 0 aliphatic heterocycles. The van der Waals surface area contributed by atoms with Crippen LogP contribution in [0.2, 0.25) is 0 Å². The molecule has 1 amide bonds. The average Bonchev–Trinajstić information content (AvgIpc) is 2.39. The highest BCUT2D eigenvalue weighted by Gasteiger charge is 2.17. The number of aromatic nitrogens is 1. The number of hydrogen-bond donors (Lipinski definition) is 2. The Morgan fingerprint density at radius 1 is 1.42 bits per heavy atom. The number of carbonyl (C=O) groups is 2. The molecule has 2 N–H and O–H groups in total. The highest BCUT2D eigenvalue weighted by Crippen LogP contribution is 2.14. The van der Waals surface area contributed by atoms with Crippen molar-refractivity contribution in [2.45, 2.75) is 26.8 Å². The summed E-state index contributed by atoms with van der Waals surface area (Å²) in [6.45, 7) is 6.12. The second kappa shape index (κ2) is 7.35. The monoisotopic (exact) mass is 265 g/mol. The minimum Gasteiger partial charge on any atom is -0.462 e. The number of amides is 1. The molecule has 0 aliphatic carbocycles. The maximum Gasteiger partial charge on any atom is 0.341 e. The van der Waals surface area contributed by atoms with E-state index in [9.17, 15) is 9.59 Å². The molecule has 0 fully saturated rings. The summed E-state index contributed by atoms with van der Waals surface area (Å²) < 4.78 is 4.94. The standard InChI is InChI=1S/C13H19N3O3/c1-4-14-12(17)9(3)16-11-10(7-6-8-15-11)13(18)19-5-2/h6-9H,4-5H2,1-3H3,(H,14,17)(H,15,16). The number of likely N-dealkylation sites (N-methyl/N-ethyl adjacent to an activating group) is 1. The maximum atomic E-state index is 11.7. The minimum atomic E-state index is -0.483. The molecule has 1 heterocycles. The summed E-state index contributed by atoms with van der Waals surface area (Å²) in [6.07, 6.45) is 1.55. The second-order valence-electron chi connectivity index (χ2n) is 3.88. The van der Waals surface area contributed by atoms with Crippen LogP contribution in [0, 0.1) is 0 Å². The molecule has 0 radical (unpaired) electrons. The molecule has 0 aromatic carbocycles. The molecular weight excluding hydrogens is 246 g/mol. The van der Waals surface area contributed by atoms with Gasteiger partial charge in [0.25, 0.3) is 0 Å². The van der Waals surface area contributed by atoms with Gasteiger partial charge in [-0.05, 0) is 32.9 Å². The first-order valence-corrected chi connectivity index (χ1v) is 6.26. The van der Waals surface area contributed by atoms with Crippen molar-refractivity contribution in [3.8, 4) is 0 Å². The summed E-state index contributed by atoms with van der Waals surface area (Å²) in [5.41, 5.74) is 0.320. The van der Waals surface area contributed by atoms with Crippen LogP contribution in [-0.2, 0) is 9.53 Å². The Labute approximate surface area is 112 Å². The number of carbonyl (C=O) groups excluding carboxylic acids is 2. The van der Waals surface area contributed by atoms with Crippen molar-refractivity contribution in [2.24, 2.45) is 0 Å². The van der Waals surface area contributed by atoms with E-state index in [1.807, 2.05) is 6.92 Å². The van der Waals surface area contributed by atoms with E-state index in [4.69, 9.17) is 4.74 Å². The van der Waals surface area contributed by atoms with Crippen molar-refractivity contribution >= 4 is 17.7 Å². The van der Waals surface area contributed by atoms with Gasteiger partial charge < -0.3 is 15.4 Å². The fraction of sp³-hybridized carbons (Fsp3) is 0.462. The molecule has 0 saturated carbocycles. The highest BCUT2D eigenvalue weighted by atomic mass is 16.5. The maximum absolute atomic E-state index is 11.7. The van der Waals surface area contributed by atoms with E-state index < -0.39 is 12.0 Å². The number of nitrogens with one attached hydrogen (secondary N) is 2. The second-order valence-corrected chi connectivity index (χ2v) is 3.88. The first-order chi connectivity index (χ1) is 9.10. The molecular formula is C13H19N3O3. The molecule has 0 spiro atoms. The zero-order chi connectivity index (χ0) is 14.3. The lowest BCUT2D eigenvalue weighted by Crippen LogP contribution is -2.37. The number of rotatable bonds is 6. The summed E-state index contributed by atoms with van der Waals surface area (Å²) in [5, 5.41) is 5.60. The van der Waals surface area contributed by atoms with Crippen LogP contribution in [0.3, 0.4) is 0 Å². The zero-order valence-corrected chi connectivity index (χ0v) is 11.4. The summed E-state index contributed by atoms with van der Waals surface area (Å²) >= 11 is 0. The molecule has 1 aromatic heterocycles. The van der Waals surface area contributed by atoms with Crippen molar-refractivity contribution in [3.63, 3.8) is 0 Å². The van der Waals surface area contributed by atoms with Crippen LogP contribution in [0.4, 0.5) is 5.82 Å². The van der Waals surface area contributed by atoms with E-state index in [1.165, 1.54) is 0 Å². The zero-order valence-electron chi connectivity index (χ0n) is 11.4. The van der Waals surface area contributed by atoms with Gasteiger partial charge in [0.2, 0.25) is 5.91 Å². The van der Waals surface area contributed by atoms with E-state index in [1.54, 1.807) is 32.2 Å². The average molecular weight is 265 g/mol. The number of esters is 1. The van der Waals surface area contributed by atoms with E-state index >= 15 is 0 Å². The predicted octanol–water partition coefficient (Wildman–Crippen LogP) is 1.19.